The van der Waals surface area contributed by atoms with Gasteiger partial charge in [-0.05, 0) is 30.3 Å². The number of nitrogens with one attached hydrogen (secondary N) is 1. The van der Waals surface area contributed by atoms with Gasteiger partial charge >= 0.3 is 12.3 Å². The minimum absolute atomic E-state index is 0.0193. The number of alkyl halides is 3. The second-order valence-electron chi connectivity index (χ2n) is 5.78. The predicted octanol–water partition coefficient (Wildman–Crippen LogP) is 3.43. The lowest BCUT2D eigenvalue weighted by Crippen LogP contribution is -2.32. The number of aromatic amines is 1. The molecule has 7 nitrogen and oxygen atoms in total. The van der Waals surface area contributed by atoms with Crippen molar-refractivity contribution in [1.82, 2.24) is 10.0 Å². The Labute approximate surface area is 154 Å². The lowest BCUT2D eigenvalue weighted by Gasteiger charge is -2.11. The molecular weight excluding hydrogens is 381 g/mol. The van der Waals surface area contributed by atoms with Gasteiger partial charge in [0, 0.05) is 10.9 Å². The Balaban J connectivity index is 1.61. The highest BCUT2D eigenvalue weighted by Crippen LogP contribution is 2.31. The zero-order valence-corrected chi connectivity index (χ0v) is 13.7. The summed E-state index contributed by atoms with van der Waals surface area (Å²) in [7, 11) is 0. The van der Waals surface area contributed by atoms with E-state index in [0.29, 0.717) is 5.06 Å². The van der Waals surface area contributed by atoms with E-state index >= 15 is 0 Å². The van der Waals surface area contributed by atoms with Gasteiger partial charge in [-0.25, -0.2) is 4.79 Å². The molecule has 1 aliphatic heterocycles. The van der Waals surface area contributed by atoms with Crippen LogP contribution in [0.25, 0.3) is 10.9 Å². The van der Waals surface area contributed by atoms with Crippen LogP contribution in [0.3, 0.4) is 0 Å². The Morgan fingerprint density at radius 3 is 2.21 bits per heavy atom. The van der Waals surface area contributed by atoms with Crippen LogP contribution in [-0.2, 0) is 4.84 Å². The first-order chi connectivity index (χ1) is 13.2. The molecule has 0 saturated carbocycles. The topological polar surface area (TPSA) is 88.7 Å². The Morgan fingerprint density at radius 1 is 0.964 bits per heavy atom. The molecule has 0 spiro atoms. The van der Waals surface area contributed by atoms with Crippen molar-refractivity contribution in [3.8, 4) is 5.75 Å². The summed E-state index contributed by atoms with van der Waals surface area (Å²) in [6.45, 7) is 0. The monoisotopic (exact) mass is 390 g/mol. The van der Waals surface area contributed by atoms with Gasteiger partial charge in [0.05, 0.1) is 11.1 Å². The molecule has 0 fully saturated rings. The van der Waals surface area contributed by atoms with Crippen LogP contribution in [0.4, 0.5) is 13.2 Å². The molecule has 10 heteroatoms. The first kappa shape index (κ1) is 17.6. The summed E-state index contributed by atoms with van der Waals surface area (Å²) in [4.78, 5) is 44.3. The molecule has 3 aromatic rings. The largest absolute Gasteiger partial charge is 0.573 e. The summed E-state index contributed by atoms with van der Waals surface area (Å²) >= 11 is 0. The van der Waals surface area contributed by atoms with Gasteiger partial charge in [0.15, 0.2) is 0 Å². The van der Waals surface area contributed by atoms with Crippen molar-refractivity contribution in [2.24, 2.45) is 0 Å². The van der Waals surface area contributed by atoms with Crippen LogP contribution in [0, 0.1) is 0 Å². The number of benzene rings is 2. The maximum Gasteiger partial charge on any atom is 0.573 e. The number of amides is 2. The highest BCUT2D eigenvalue weighted by Gasteiger charge is 2.39. The van der Waals surface area contributed by atoms with Crippen molar-refractivity contribution >= 4 is 28.7 Å². The molecule has 0 radical (unpaired) electrons. The summed E-state index contributed by atoms with van der Waals surface area (Å²) in [5.74, 6) is -3.26. The summed E-state index contributed by atoms with van der Waals surface area (Å²) in [5.41, 5.74) is 0.0801. The number of carbonyl (C=O) groups is 3. The van der Waals surface area contributed by atoms with Crippen molar-refractivity contribution in [2.45, 2.75) is 6.36 Å². The second-order valence-corrected chi connectivity index (χ2v) is 5.78. The molecule has 142 valence electrons. The standard InChI is InChI=1S/C18H9F3N2O5/c19-18(20,21)27-14-7-3-6-12-11(14)8-13(22-12)17(26)28-23-15(24)9-4-1-2-5-10(9)16(23)25/h1-8,22H. The summed E-state index contributed by atoms with van der Waals surface area (Å²) in [6, 6.07) is 10.8. The number of carbonyl (C=O) groups excluding carboxylic acids is 3. The lowest BCUT2D eigenvalue weighted by molar-refractivity contribution is -0.274. The third-order valence-corrected chi connectivity index (χ3v) is 4.00. The third kappa shape index (κ3) is 2.94. The van der Waals surface area contributed by atoms with E-state index in [4.69, 9.17) is 4.84 Å². The quantitative estimate of drug-likeness (QED) is 0.693. The SMILES string of the molecule is O=C(ON1C(=O)c2ccccc2C1=O)c1cc2c(OC(F)(F)F)cccc2[nH]1. The smallest absolute Gasteiger partial charge is 0.405 e. The second kappa shape index (κ2) is 6.12. The van der Waals surface area contributed by atoms with Gasteiger partial charge in [-0.3, -0.25) is 9.59 Å². The van der Waals surface area contributed by atoms with E-state index in [0.717, 1.165) is 12.1 Å². The van der Waals surface area contributed by atoms with Crippen LogP contribution >= 0.6 is 0 Å². The number of H-pyrrole nitrogens is 1. The Morgan fingerprint density at radius 2 is 1.61 bits per heavy atom. The number of nitrogens with zero attached hydrogens (tertiary/aromatic N) is 1. The Bertz CT molecular complexity index is 1100. The maximum absolute atomic E-state index is 12.5. The molecule has 0 unspecified atom stereocenters. The molecule has 2 amide bonds. The fourth-order valence-corrected chi connectivity index (χ4v) is 2.83. The van der Waals surface area contributed by atoms with E-state index in [9.17, 15) is 27.6 Å². The van der Waals surface area contributed by atoms with E-state index in [1.807, 2.05) is 0 Å². The van der Waals surface area contributed by atoms with Crippen LogP contribution < -0.4 is 4.74 Å². The first-order valence-electron chi connectivity index (χ1n) is 7.82. The van der Waals surface area contributed by atoms with Gasteiger partial charge in [0.1, 0.15) is 11.4 Å². The number of hydrogen-bond acceptors (Lipinski definition) is 5. The molecule has 1 aromatic heterocycles. The molecule has 0 saturated heterocycles. The van der Waals surface area contributed by atoms with Gasteiger partial charge in [-0.1, -0.05) is 23.3 Å². The highest BCUT2D eigenvalue weighted by atomic mass is 19.4. The zero-order chi connectivity index (χ0) is 20.1. The Hall–Kier alpha value is -3.82. The number of aromatic nitrogens is 1. The van der Waals surface area contributed by atoms with E-state index in [2.05, 4.69) is 9.72 Å². The minimum Gasteiger partial charge on any atom is -0.405 e. The van der Waals surface area contributed by atoms with E-state index in [1.165, 1.54) is 24.3 Å². The summed E-state index contributed by atoms with van der Waals surface area (Å²) in [6.07, 6.45) is -4.91. The molecule has 0 aliphatic carbocycles. The van der Waals surface area contributed by atoms with E-state index in [-0.39, 0.29) is 27.7 Å². The van der Waals surface area contributed by atoms with Gasteiger partial charge in [-0.2, -0.15) is 0 Å². The molecular formula is C18H9F3N2O5. The molecule has 2 heterocycles. The molecule has 0 bridgehead atoms. The lowest BCUT2D eigenvalue weighted by atomic mass is 10.1. The Kier molecular flexibility index (Phi) is 3.84. The number of hydroxylamine groups is 2. The van der Waals surface area contributed by atoms with Gasteiger partial charge in [-0.15, -0.1) is 13.2 Å². The van der Waals surface area contributed by atoms with Crippen molar-refractivity contribution in [1.29, 1.82) is 0 Å². The normalized spacial score (nSPS) is 13.8. The molecule has 2 aromatic carbocycles. The average molecular weight is 390 g/mol. The van der Waals surface area contributed by atoms with Crippen molar-refractivity contribution in [2.75, 3.05) is 0 Å². The fraction of sp³-hybridized carbons (Fsp3) is 0.0556. The molecule has 1 aliphatic rings. The number of rotatable bonds is 3. The number of hydrogen-bond donors (Lipinski definition) is 1. The molecule has 0 atom stereocenters. The molecule has 1 N–H and O–H groups in total. The molecule has 28 heavy (non-hydrogen) atoms. The van der Waals surface area contributed by atoms with Crippen LogP contribution in [0.5, 0.6) is 5.75 Å². The number of halogens is 3. The van der Waals surface area contributed by atoms with Crippen LogP contribution in [0.15, 0.2) is 48.5 Å². The summed E-state index contributed by atoms with van der Waals surface area (Å²) in [5, 5.41) is 0.292. The fourth-order valence-electron chi connectivity index (χ4n) is 2.83. The number of fused-ring (bicyclic) bond motifs is 2. The molecule has 4 rings (SSSR count). The van der Waals surface area contributed by atoms with Crippen LogP contribution in [0.1, 0.15) is 31.2 Å². The van der Waals surface area contributed by atoms with Crippen LogP contribution in [-0.4, -0.2) is 34.2 Å². The van der Waals surface area contributed by atoms with Gasteiger partial charge < -0.3 is 14.6 Å². The zero-order valence-electron chi connectivity index (χ0n) is 13.7. The number of ether oxygens (including phenoxy) is 1. The number of imide groups is 1. The van der Waals surface area contributed by atoms with E-state index in [1.54, 1.807) is 12.1 Å². The first-order valence-corrected chi connectivity index (χ1v) is 7.82. The maximum atomic E-state index is 12.5. The summed E-state index contributed by atoms with van der Waals surface area (Å²) < 4.78 is 41.5. The average Bonchev–Trinajstić information content (AvgIpc) is 3.17. The van der Waals surface area contributed by atoms with E-state index < -0.39 is 29.9 Å². The van der Waals surface area contributed by atoms with Crippen LogP contribution in [0.2, 0.25) is 0 Å². The highest BCUT2D eigenvalue weighted by molar-refractivity contribution is 6.21. The minimum atomic E-state index is -4.91. The van der Waals surface area contributed by atoms with Gasteiger partial charge in [0.2, 0.25) is 0 Å². The van der Waals surface area contributed by atoms with Crippen molar-refractivity contribution in [3.63, 3.8) is 0 Å². The predicted molar refractivity (Wildman–Crippen MR) is 87.3 cm³/mol. The third-order valence-electron chi connectivity index (χ3n) is 4.00. The van der Waals surface area contributed by atoms with Gasteiger partial charge in [0.25, 0.3) is 11.8 Å². The van der Waals surface area contributed by atoms with Crippen molar-refractivity contribution in [3.05, 3.63) is 65.4 Å². The van der Waals surface area contributed by atoms with Crippen molar-refractivity contribution < 1.29 is 37.1 Å².